The molecule has 0 aliphatic heterocycles. The van der Waals surface area contributed by atoms with Crippen molar-refractivity contribution >= 4 is 11.8 Å². The number of pyridine rings is 1. The summed E-state index contributed by atoms with van der Waals surface area (Å²) in [5.74, 6) is 0.802. The van der Waals surface area contributed by atoms with Crippen molar-refractivity contribution in [1.82, 2.24) is 9.38 Å². The Labute approximate surface area is 105 Å². The summed E-state index contributed by atoms with van der Waals surface area (Å²) in [6, 6.07) is 13.8. The lowest BCUT2D eigenvalue weighted by Crippen LogP contribution is -1.88. The standard InChI is InChI=1S/C15H12N2O/c1-11-5-4-6-12(9-11)15-16-13(10-18)14-7-2-3-8-17(14)15/h2-10H,1H3. The Kier molecular flexibility index (Phi) is 2.45. The molecular formula is C15H12N2O. The Balaban J connectivity index is 2.33. The van der Waals surface area contributed by atoms with Crippen LogP contribution in [-0.2, 0) is 0 Å². The van der Waals surface area contributed by atoms with E-state index in [2.05, 4.69) is 11.1 Å². The molecule has 2 aromatic heterocycles. The largest absolute Gasteiger partial charge is 0.299 e. The van der Waals surface area contributed by atoms with Crippen LogP contribution in [0.3, 0.4) is 0 Å². The molecule has 2 heterocycles. The van der Waals surface area contributed by atoms with Gasteiger partial charge in [-0.15, -0.1) is 0 Å². The highest BCUT2D eigenvalue weighted by molar-refractivity contribution is 5.86. The molecule has 0 aliphatic carbocycles. The highest BCUT2D eigenvalue weighted by Crippen LogP contribution is 2.22. The molecule has 0 bridgehead atoms. The summed E-state index contributed by atoms with van der Waals surface area (Å²) < 4.78 is 1.94. The number of fused-ring (bicyclic) bond motifs is 1. The van der Waals surface area contributed by atoms with Gasteiger partial charge in [-0.2, -0.15) is 0 Å². The Hall–Kier alpha value is -2.42. The van der Waals surface area contributed by atoms with E-state index in [4.69, 9.17) is 0 Å². The van der Waals surface area contributed by atoms with Crippen LogP contribution in [0.5, 0.6) is 0 Å². The van der Waals surface area contributed by atoms with Gasteiger partial charge in [0.25, 0.3) is 0 Å². The summed E-state index contributed by atoms with van der Waals surface area (Å²) in [5.41, 5.74) is 3.51. The molecule has 0 saturated carbocycles. The predicted octanol–water partition coefficient (Wildman–Crippen LogP) is 3.12. The third kappa shape index (κ3) is 1.61. The van der Waals surface area contributed by atoms with E-state index in [1.165, 1.54) is 5.56 Å². The second-order valence-corrected chi connectivity index (χ2v) is 4.26. The molecule has 3 rings (SSSR count). The molecule has 0 saturated heterocycles. The molecular weight excluding hydrogens is 224 g/mol. The van der Waals surface area contributed by atoms with Gasteiger partial charge in [0.05, 0.1) is 5.52 Å². The first-order valence-electron chi connectivity index (χ1n) is 5.79. The van der Waals surface area contributed by atoms with Crippen molar-refractivity contribution in [2.75, 3.05) is 0 Å². The van der Waals surface area contributed by atoms with Crippen molar-refractivity contribution in [3.05, 3.63) is 59.9 Å². The number of rotatable bonds is 2. The molecule has 0 unspecified atom stereocenters. The molecule has 0 spiro atoms. The maximum absolute atomic E-state index is 11.1. The monoisotopic (exact) mass is 236 g/mol. The highest BCUT2D eigenvalue weighted by Gasteiger charge is 2.11. The van der Waals surface area contributed by atoms with E-state index in [0.29, 0.717) is 5.69 Å². The summed E-state index contributed by atoms with van der Waals surface area (Å²) in [7, 11) is 0. The Morgan fingerprint density at radius 3 is 2.83 bits per heavy atom. The first kappa shape index (κ1) is 10.7. The van der Waals surface area contributed by atoms with E-state index in [1.807, 2.05) is 53.9 Å². The number of aryl methyl sites for hydroxylation is 1. The Morgan fingerprint density at radius 1 is 1.17 bits per heavy atom. The minimum Gasteiger partial charge on any atom is -0.299 e. The Morgan fingerprint density at radius 2 is 2.06 bits per heavy atom. The molecule has 1 aromatic carbocycles. The summed E-state index contributed by atoms with van der Waals surface area (Å²) in [6.07, 6.45) is 2.72. The summed E-state index contributed by atoms with van der Waals surface area (Å²) in [4.78, 5) is 15.5. The van der Waals surface area contributed by atoms with Crippen LogP contribution in [-0.4, -0.2) is 15.7 Å². The van der Waals surface area contributed by atoms with Crippen molar-refractivity contribution in [2.24, 2.45) is 0 Å². The van der Waals surface area contributed by atoms with E-state index >= 15 is 0 Å². The van der Waals surface area contributed by atoms with Gasteiger partial charge in [-0.3, -0.25) is 9.20 Å². The van der Waals surface area contributed by atoms with Crippen molar-refractivity contribution in [3.63, 3.8) is 0 Å². The zero-order valence-corrected chi connectivity index (χ0v) is 10.00. The smallest absolute Gasteiger partial charge is 0.170 e. The van der Waals surface area contributed by atoms with Crippen molar-refractivity contribution in [1.29, 1.82) is 0 Å². The average molecular weight is 236 g/mol. The minimum absolute atomic E-state index is 0.479. The van der Waals surface area contributed by atoms with Crippen molar-refractivity contribution < 1.29 is 4.79 Å². The highest BCUT2D eigenvalue weighted by atomic mass is 16.1. The first-order valence-corrected chi connectivity index (χ1v) is 5.79. The molecule has 0 radical (unpaired) electrons. The van der Waals surface area contributed by atoms with Crippen LogP contribution >= 0.6 is 0 Å². The fraction of sp³-hybridized carbons (Fsp3) is 0.0667. The number of imidazole rings is 1. The molecule has 88 valence electrons. The molecule has 3 aromatic rings. The molecule has 0 aliphatic rings. The van der Waals surface area contributed by atoms with Gasteiger partial charge >= 0.3 is 0 Å². The van der Waals surface area contributed by atoms with Crippen LogP contribution in [0.15, 0.2) is 48.7 Å². The molecule has 0 N–H and O–H groups in total. The van der Waals surface area contributed by atoms with Crippen LogP contribution in [0, 0.1) is 6.92 Å². The maximum Gasteiger partial charge on any atom is 0.170 e. The molecule has 0 fully saturated rings. The predicted molar refractivity (Wildman–Crippen MR) is 70.8 cm³/mol. The van der Waals surface area contributed by atoms with Gasteiger partial charge in [0, 0.05) is 11.8 Å². The quantitative estimate of drug-likeness (QED) is 0.641. The SMILES string of the molecule is Cc1cccc(-c2nc(C=O)c3ccccn23)c1. The third-order valence-corrected chi connectivity index (χ3v) is 2.96. The van der Waals surface area contributed by atoms with Crippen LogP contribution in [0.1, 0.15) is 16.1 Å². The number of nitrogens with zero attached hydrogens (tertiary/aromatic N) is 2. The molecule has 18 heavy (non-hydrogen) atoms. The Bertz CT molecular complexity index is 728. The maximum atomic E-state index is 11.1. The van der Waals surface area contributed by atoms with E-state index in [0.717, 1.165) is 23.2 Å². The van der Waals surface area contributed by atoms with Gasteiger partial charge in [0.1, 0.15) is 11.5 Å². The fourth-order valence-electron chi connectivity index (χ4n) is 2.14. The third-order valence-electron chi connectivity index (χ3n) is 2.96. The molecule has 3 heteroatoms. The fourth-order valence-corrected chi connectivity index (χ4v) is 2.14. The minimum atomic E-state index is 0.479. The number of benzene rings is 1. The number of hydrogen-bond acceptors (Lipinski definition) is 2. The van der Waals surface area contributed by atoms with Crippen LogP contribution < -0.4 is 0 Å². The van der Waals surface area contributed by atoms with E-state index in [-0.39, 0.29) is 0 Å². The summed E-state index contributed by atoms with van der Waals surface area (Å²) >= 11 is 0. The first-order chi connectivity index (χ1) is 8.79. The topological polar surface area (TPSA) is 34.4 Å². The van der Waals surface area contributed by atoms with Gasteiger partial charge in [-0.1, -0.05) is 29.8 Å². The molecule has 3 nitrogen and oxygen atoms in total. The van der Waals surface area contributed by atoms with Crippen LogP contribution in [0.4, 0.5) is 0 Å². The molecule has 0 amide bonds. The van der Waals surface area contributed by atoms with E-state index in [1.54, 1.807) is 0 Å². The normalized spacial score (nSPS) is 10.7. The van der Waals surface area contributed by atoms with E-state index in [9.17, 15) is 4.79 Å². The zero-order chi connectivity index (χ0) is 12.5. The van der Waals surface area contributed by atoms with Crippen LogP contribution in [0.25, 0.3) is 16.9 Å². The second kappa shape index (κ2) is 4.11. The summed E-state index contributed by atoms with van der Waals surface area (Å²) in [6.45, 7) is 2.04. The van der Waals surface area contributed by atoms with Crippen LogP contribution in [0.2, 0.25) is 0 Å². The summed E-state index contributed by atoms with van der Waals surface area (Å²) in [5, 5.41) is 0. The number of aldehydes is 1. The van der Waals surface area contributed by atoms with Crippen molar-refractivity contribution in [2.45, 2.75) is 6.92 Å². The van der Waals surface area contributed by atoms with Gasteiger partial charge < -0.3 is 0 Å². The van der Waals surface area contributed by atoms with E-state index < -0.39 is 0 Å². The lowest BCUT2D eigenvalue weighted by molar-refractivity contribution is 0.112. The zero-order valence-electron chi connectivity index (χ0n) is 10.00. The van der Waals surface area contributed by atoms with Gasteiger partial charge in [0.15, 0.2) is 6.29 Å². The van der Waals surface area contributed by atoms with Gasteiger partial charge in [-0.05, 0) is 25.1 Å². The van der Waals surface area contributed by atoms with Crippen molar-refractivity contribution in [3.8, 4) is 11.4 Å². The number of carbonyl (C=O) groups excluding carboxylic acids is 1. The lowest BCUT2D eigenvalue weighted by Gasteiger charge is -2.01. The van der Waals surface area contributed by atoms with Gasteiger partial charge in [-0.25, -0.2) is 4.98 Å². The lowest BCUT2D eigenvalue weighted by atomic mass is 10.1. The second-order valence-electron chi connectivity index (χ2n) is 4.26. The number of carbonyl (C=O) groups is 1. The number of aromatic nitrogens is 2. The molecule has 0 atom stereocenters. The average Bonchev–Trinajstić information content (AvgIpc) is 2.77. The van der Waals surface area contributed by atoms with Gasteiger partial charge in [0.2, 0.25) is 0 Å². The number of hydrogen-bond donors (Lipinski definition) is 0.